The van der Waals surface area contributed by atoms with Crippen molar-refractivity contribution < 1.29 is 14.6 Å². The molecule has 2 aliphatic rings. The summed E-state index contributed by atoms with van der Waals surface area (Å²) in [7, 11) is 1.80. The Hall–Kier alpha value is -2.52. The number of nitrogens with one attached hydrogen (secondary N) is 1. The van der Waals surface area contributed by atoms with Crippen LogP contribution < -0.4 is 10.9 Å². The molecule has 2 aromatic heterocycles. The summed E-state index contributed by atoms with van der Waals surface area (Å²) in [6.45, 7) is 4.60. The van der Waals surface area contributed by atoms with Crippen LogP contribution in [0.3, 0.4) is 0 Å². The van der Waals surface area contributed by atoms with Crippen molar-refractivity contribution >= 4 is 28.3 Å². The molecule has 2 saturated heterocycles. The second-order valence-electron chi connectivity index (χ2n) is 8.72. The number of aromatic nitrogens is 3. The van der Waals surface area contributed by atoms with Gasteiger partial charge in [-0.3, -0.25) is 4.79 Å². The SMILES string of the molecule is CC(C)c1cc2cc(-c3nc(N[C@@H]4C[C@H]5CO[C@H](O5)[C@H]4O)ncc3Cl)ccc2c(=O)n1C. The van der Waals surface area contributed by atoms with Crippen molar-refractivity contribution in [2.45, 2.75) is 50.7 Å². The van der Waals surface area contributed by atoms with E-state index in [0.717, 1.165) is 16.6 Å². The van der Waals surface area contributed by atoms with E-state index in [-0.39, 0.29) is 23.6 Å². The van der Waals surface area contributed by atoms with Crippen LogP contribution in [0.2, 0.25) is 5.02 Å². The average Bonchev–Trinajstić information content (AvgIpc) is 3.18. The Morgan fingerprint density at radius 2 is 2.12 bits per heavy atom. The highest BCUT2D eigenvalue weighted by molar-refractivity contribution is 6.33. The molecule has 0 aliphatic carbocycles. The number of rotatable bonds is 4. The number of pyridine rings is 1. The summed E-state index contributed by atoms with van der Waals surface area (Å²) in [5.41, 5.74) is 2.27. The molecule has 0 amide bonds. The van der Waals surface area contributed by atoms with Crippen LogP contribution in [0, 0.1) is 0 Å². The Balaban J connectivity index is 1.50. The van der Waals surface area contributed by atoms with Gasteiger partial charge < -0.3 is 24.5 Å². The fraction of sp³-hybridized carbons (Fsp3) is 0.435. The summed E-state index contributed by atoms with van der Waals surface area (Å²) in [6, 6.07) is 7.32. The third kappa shape index (κ3) is 3.67. The minimum atomic E-state index is -0.817. The van der Waals surface area contributed by atoms with Crippen molar-refractivity contribution in [1.29, 1.82) is 0 Å². The predicted octanol–water partition coefficient (Wildman–Crippen LogP) is 3.06. The van der Waals surface area contributed by atoms with Gasteiger partial charge >= 0.3 is 0 Å². The highest BCUT2D eigenvalue weighted by Gasteiger charge is 2.43. The van der Waals surface area contributed by atoms with Gasteiger partial charge in [0, 0.05) is 23.7 Å². The van der Waals surface area contributed by atoms with E-state index in [1.807, 2.05) is 18.2 Å². The third-order valence-electron chi connectivity index (χ3n) is 6.18. The molecule has 0 saturated carbocycles. The van der Waals surface area contributed by atoms with Crippen LogP contribution in [0.1, 0.15) is 31.9 Å². The lowest BCUT2D eigenvalue weighted by Crippen LogP contribution is -2.48. The van der Waals surface area contributed by atoms with Crippen LogP contribution in [-0.4, -0.2) is 50.8 Å². The molecular formula is C23H25ClN4O4. The standard InChI is InChI=1S/C23H25ClN4O4/c1-11(2)18-7-13-6-12(4-5-15(13)21(30)28(18)3)19-16(24)9-25-23(27-19)26-17-8-14-10-31-22(32-14)20(17)29/h4-7,9,11,14,17,20,22,29H,8,10H2,1-3H3,(H,25,26,27)/t14-,17+,20-,22+/m0/s1. The van der Waals surface area contributed by atoms with Crippen LogP contribution in [0.5, 0.6) is 0 Å². The van der Waals surface area contributed by atoms with Crippen molar-refractivity contribution in [3.63, 3.8) is 0 Å². The Morgan fingerprint density at radius 3 is 2.91 bits per heavy atom. The topological polar surface area (TPSA) is 98.5 Å². The summed E-state index contributed by atoms with van der Waals surface area (Å²) in [6.07, 6.45) is 0.637. The van der Waals surface area contributed by atoms with Crippen molar-refractivity contribution in [3.05, 3.63) is 51.5 Å². The van der Waals surface area contributed by atoms with E-state index >= 15 is 0 Å². The number of aliphatic hydroxyl groups excluding tert-OH is 1. The fourth-order valence-electron chi connectivity index (χ4n) is 4.47. The van der Waals surface area contributed by atoms with Crippen LogP contribution in [0.25, 0.3) is 22.0 Å². The molecule has 2 N–H and O–H groups in total. The maximum absolute atomic E-state index is 12.8. The Morgan fingerprint density at radius 1 is 1.31 bits per heavy atom. The van der Waals surface area contributed by atoms with E-state index in [0.29, 0.717) is 35.1 Å². The van der Waals surface area contributed by atoms with Gasteiger partial charge in [-0.25, -0.2) is 9.97 Å². The monoisotopic (exact) mass is 456 g/mol. The molecule has 32 heavy (non-hydrogen) atoms. The number of ether oxygens (including phenoxy) is 2. The molecule has 0 radical (unpaired) electrons. The van der Waals surface area contributed by atoms with Crippen molar-refractivity contribution in [2.24, 2.45) is 7.05 Å². The lowest BCUT2D eigenvalue weighted by molar-refractivity contribution is -0.156. The molecule has 2 bridgehead atoms. The highest BCUT2D eigenvalue weighted by atomic mass is 35.5. The summed E-state index contributed by atoms with van der Waals surface area (Å²) in [4.78, 5) is 21.7. The molecular weight excluding hydrogens is 432 g/mol. The third-order valence-corrected chi connectivity index (χ3v) is 6.46. The summed E-state index contributed by atoms with van der Waals surface area (Å²) in [5.74, 6) is 0.575. The largest absolute Gasteiger partial charge is 0.386 e. The van der Waals surface area contributed by atoms with Gasteiger partial charge in [0.1, 0.15) is 6.10 Å². The second kappa shape index (κ2) is 8.12. The summed E-state index contributed by atoms with van der Waals surface area (Å²) >= 11 is 6.44. The first kappa shape index (κ1) is 21.3. The van der Waals surface area contributed by atoms with Crippen molar-refractivity contribution in [1.82, 2.24) is 14.5 Å². The number of anilines is 1. The lowest BCUT2D eigenvalue weighted by Gasteiger charge is -2.32. The molecule has 0 unspecified atom stereocenters. The zero-order chi connectivity index (χ0) is 22.6. The maximum atomic E-state index is 12.8. The molecule has 3 aromatic rings. The first-order chi connectivity index (χ1) is 15.3. The van der Waals surface area contributed by atoms with Gasteiger partial charge in [-0.2, -0.15) is 0 Å². The van der Waals surface area contributed by atoms with Gasteiger partial charge in [0.05, 0.1) is 35.7 Å². The van der Waals surface area contributed by atoms with Crippen molar-refractivity contribution in [3.8, 4) is 11.3 Å². The zero-order valence-corrected chi connectivity index (χ0v) is 18.8. The first-order valence-corrected chi connectivity index (χ1v) is 11.1. The van der Waals surface area contributed by atoms with Gasteiger partial charge in [0.25, 0.3) is 5.56 Å². The molecule has 4 atom stereocenters. The number of nitrogens with zero attached hydrogens (tertiary/aromatic N) is 3. The maximum Gasteiger partial charge on any atom is 0.258 e. The number of aliphatic hydroxyl groups is 1. The van der Waals surface area contributed by atoms with Gasteiger partial charge in [0.15, 0.2) is 6.29 Å². The average molecular weight is 457 g/mol. The molecule has 0 spiro atoms. The van der Waals surface area contributed by atoms with Gasteiger partial charge in [-0.05, 0) is 35.9 Å². The molecule has 168 valence electrons. The fourth-order valence-corrected chi connectivity index (χ4v) is 4.67. The zero-order valence-electron chi connectivity index (χ0n) is 18.1. The number of hydrogen-bond donors (Lipinski definition) is 2. The summed E-state index contributed by atoms with van der Waals surface area (Å²) < 4.78 is 12.7. The number of halogens is 1. The molecule has 9 heteroatoms. The molecule has 2 fully saturated rings. The van der Waals surface area contributed by atoms with E-state index in [9.17, 15) is 9.90 Å². The van der Waals surface area contributed by atoms with Crippen LogP contribution >= 0.6 is 11.6 Å². The van der Waals surface area contributed by atoms with Gasteiger partial charge in [-0.15, -0.1) is 0 Å². The number of hydrogen-bond acceptors (Lipinski definition) is 7. The minimum Gasteiger partial charge on any atom is -0.386 e. The Kier molecular flexibility index (Phi) is 5.41. The van der Waals surface area contributed by atoms with E-state index in [1.54, 1.807) is 17.7 Å². The first-order valence-electron chi connectivity index (χ1n) is 10.7. The molecule has 4 heterocycles. The number of benzene rings is 1. The Bertz CT molecular complexity index is 1240. The molecule has 2 aliphatic heterocycles. The quantitative estimate of drug-likeness (QED) is 0.622. The smallest absolute Gasteiger partial charge is 0.258 e. The second-order valence-corrected chi connectivity index (χ2v) is 9.12. The van der Waals surface area contributed by atoms with Crippen LogP contribution in [-0.2, 0) is 16.5 Å². The van der Waals surface area contributed by atoms with E-state index in [1.165, 1.54) is 6.20 Å². The van der Waals surface area contributed by atoms with E-state index in [2.05, 4.69) is 29.1 Å². The lowest BCUT2D eigenvalue weighted by atomic mass is 10.0. The predicted molar refractivity (Wildman–Crippen MR) is 122 cm³/mol. The summed E-state index contributed by atoms with van der Waals surface area (Å²) in [5, 5.41) is 15.6. The molecule has 5 rings (SSSR count). The van der Waals surface area contributed by atoms with E-state index < -0.39 is 12.4 Å². The van der Waals surface area contributed by atoms with Gasteiger partial charge in [-0.1, -0.05) is 31.5 Å². The Labute approximate surface area is 190 Å². The van der Waals surface area contributed by atoms with Crippen LogP contribution in [0.4, 0.5) is 5.95 Å². The minimum absolute atomic E-state index is 0.0285. The van der Waals surface area contributed by atoms with Crippen molar-refractivity contribution in [2.75, 3.05) is 11.9 Å². The molecule has 8 nitrogen and oxygen atoms in total. The van der Waals surface area contributed by atoms with E-state index in [4.69, 9.17) is 21.1 Å². The molecule has 1 aromatic carbocycles. The van der Waals surface area contributed by atoms with Crippen LogP contribution in [0.15, 0.2) is 35.3 Å². The number of fused-ring (bicyclic) bond motifs is 3. The normalized spacial score (nSPS) is 24.9. The highest BCUT2D eigenvalue weighted by Crippen LogP contribution is 2.32. The van der Waals surface area contributed by atoms with Gasteiger partial charge in [0.2, 0.25) is 5.95 Å².